The molecular weight excluding hydrogens is 384 g/mol. The van der Waals surface area contributed by atoms with Crippen molar-refractivity contribution in [2.75, 3.05) is 17.7 Å². The molecular formula is C23H28N2O3S. The molecule has 0 radical (unpaired) electrons. The van der Waals surface area contributed by atoms with Crippen LogP contribution in [0.3, 0.4) is 0 Å². The first-order valence-electron chi connectivity index (χ1n) is 9.88. The minimum atomic E-state index is -0.332. The minimum Gasteiger partial charge on any atom is -0.374 e. The van der Waals surface area contributed by atoms with Crippen LogP contribution in [-0.2, 0) is 27.5 Å². The number of anilines is 1. The molecule has 1 atom stereocenters. The van der Waals surface area contributed by atoms with Gasteiger partial charge >= 0.3 is 0 Å². The lowest BCUT2D eigenvalue weighted by atomic mass is 10.1. The second-order valence-electron chi connectivity index (χ2n) is 7.45. The molecule has 2 aromatic carbocycles. The number of thioether (sulfide) groups is 1. The number of nitrogens with one attached hydrogen (secondary N) is 1. The Kier molecular flexibility index (Phi) is 7.34. The van der Waals surface area contributed by atoms with E-state index in [2.05, 4.69) is 5.32 Å². The quantitative estimate of drug-likeness (QED) is 0.666. The van der Waals surface area contributed by atoms with E-state index in [1.807, 2.05) is 68.6 Å². The molecule has 5 nitrogen and oxygen atoms in total. The Hall–Kier alpha value is -2.31. The van der Waals surface area contributed by atoms with Gasteiger partial charge in [-0.1, -0.05) is 24.3 Å². The van der Waals surface area contributed by atoms with Crippen molar-refractivity contribution < 1.29 is 14.3 Å². The number of hydrogen-bond acceptors (Lipinski definition) is 4. The molecule has 1 heterocycles. The maximum Gasteiger partial charge on any atom is 0.227 e. The van der Waals surface area contributed by atoms with Gasteiger partial charge in [0.1, 0.15) is 0 Å². The third-order valence-corrected chi connectivity index (χ3v) is 5.77. The van der Waals surface area contributed by atoms with Crippen LogP contribution in [0.4, 0.5) is 5.69 Å². The first-order valence-corrected chi connectivity index (χ1v) is 11.1. The largest absolute Gasteiger partial charge is 0.374 e. The molecule has 2 aromatic rings. The van der Waals surface area contributed by atoms with Crippen molar-refractivity contribution in [1.29, 1.82) is 0 Å². The first-order chi connectivity index (χ1) is 14.0. The van der Waals surface area contributed by atoms with E-state index in [9.17, 15) is 9.59 Å². The molecule has 2 amide bonds. The number of amides is 2. The Morgan fingerprint density at radius 3 is 2.52 bits per heavy atom. The number of hydrogen-bond donors (Lipinski definition) is 1. The van der Waals surface area contributed by atoms with E-state index in [4.69, 9.17) is 4.74 Å². The lowest BCUT2D eigenvalue weighted by Crippen LogP contribution is -2.32. The van der Waals surface area contributed by atoms with Crippen molar-refractivity contribution in [3.63, 3.8) is 0 Å². The molecule has 0 saturated carbocycles. The standard InChI is InChI=1S/C23H28N2O3S/c1-16(2)28-15-18-7-5-4-6-17(18)13-24-23(27)19-12-22(26)25(14-19)20-8-10-21(29-3)11-9-20/h4-11,16,19H,12-15H2,1-3H3,(H,24,27). The normalized spacial score (nSPS) is 16.5. The van der Waals surface area contributed by atoms with Crippen molar-refractivity contribution in [3.05, 3.63) is 59.7 Å². The highest BCUT2D eigenvalue weighted by molar-refractivity contribution is 7.98. The van der Waals surface area contributed by atoms with E-state index in [1.54, 1.807) is 16.7 Å². The molecule has 0 aliphatic carbocycles. The Labute approximate surface area is 176 Å². The summed E-state index contributed by atoms with van der Waals surface area (Å²) in [6.45, 7) is 5.38. The highest BCUT2D eigenvalue weighted by Crippen LogP contribution is 2.27. The van der Waals surface area contributed by atoms with Gasteiger partial charge in [-0.3, -0.25) is 9.59 Å². The first kappa shape index (κ1) is 21.4. The van der Waals surface area contributed by atoms with Gasteiger partial charge < -0.3 is 15.0 Å². The van der Waals surface area contributed by atoms with Gasteiger partial charge in [-0.2, -0.15) is 0 Å². The summed E-state index contributed by atoms with van der Waals surface area (Å²) in [4.78, 5) is 28.0. The van der Waals surface area contributed by atoms with Crippen molar-refractivity contribution in [2.24, 2.45) is 5.92 Å². The van der Waals surface area contributed by atoms with Gasteiger partial charge in [0.15, 0.2) is 0 Å². The summed E-state index contributed by atoms with van der Waals surface area (Å²) in [5.41, 5.74) is 2.95. The van der Waals surface area contributed by atoms with Crippen LogP contribution in [0.25, 0.3) is 0 Å². The van der Waals surface area contributed by atoms with Crippen molar-refractivity contribution in [2.45, 2.75) is 44.4 Å². The minimum absolute atomic E-state index is 0.00668. The van der Waals surface area contributed by atoms with Crippen molar-refractivity contribution in [3.8, 4) is 0 Å². The molecule has 1 aliphatic heterocycles. The van der Waals surface area contributed by atoms with Gasteiger partial charge in [-0.25, -0.2) is 0 Å². The number of benzene rings is 2. The highest BCUT2D eigenvalue weighted by atomic mass is 32.2. The third kappa shape index (κ3) is 5.61. The van der Waals surface area contributed by atoms with E-state index < -0.39 is 0 Å². The topological polar surface area (TPSA) is 58.6 Å². The summed E-state index contributed by atoms with van der Waals surface area (Å²) in [7, 11) is 0. The van der Waals surface area contributed by atoms with Crippen LogP contribution in [0.15, 0.2) is 53.4 Å². The molecule has 1 saturated heterocycles. The van der Waals surface area contributed by atoms with Gasteiger partial charge in [-0.15, -0.1) is 11.8 Å². The van der Waals surface area contributed by atoms with Gasteiger partial charge in [0, 0.05) is 30.1 Å². The Bertz CT molecular complexity index is 851. The smallest absolute Gasteiger partial charge is 0.227 e. The zero-order chi connectivity index (χ0) is 20.8. The predicted octanol–water partition coefficient (Wildman–Crippen LogP) is 4.00. The molecule has 0 spiro atoms. The Morgan fingerprint density at radius 1 is 1.17 bits per heavy atom. The van der Waals surface area contributed by atoms with Crippen LogP contribution in [0.2, 0.25) is 0 Å². The molecule has 1 fully saturated rings. The number of ether oxygens (including phenoxy) is 1. The predicted molar refractivity (Wildman–Crippen MR) is 117 cm³/mol. The van der Waals surface area contributed by atoms with Crippen LogP contribution in [0, 0.1) is 5.92 Å². The average Bonchev–Trinajstić information content (AvgIpc) is 3.12. The highest BCUT2D eigenvalue weighted by Gasteiger charge is 2.35. The monoisotopic (exact) mass is 412 g/mol. The van der Waals surface area contributed by atoms with Crippen LogP contribution >= 0.6 is 11.8 Å². The van der Waals surface area contributed by atoms with Crippen molar-refractivity contribution in [1.82, 2.24) is 5.32 Å². The zero-order valence-corrected chi connectivity index (χ0v) is 18.0. The van der Waals surface area contributed by atoms with E-state index in [-0.39, 0.29) is 30.3 Å². The molecule has 0 aromatic heterocycles. The summed E-state index contributed by atoms with van der Waals surface area (Å²) in [5.74, 6) is -0.421. The second-order valence-corrected chi connectivity index (χ2v) is 8.33. The van der Waals surface area contributed by atoms with Gasteiger partial charge in [0.25, 0.3) is 0 Å². The van der Waals surface area contributed by atoms with E-state index in [0.29, 0.717) is 19.7 Å². The van der Waals surface area contributed by atoms with E-state index >= 15 is 0 Å². The van der Waals surface area contributed by atoms with Gasteiger partial charge in [0.05, 0.1) is 18.6 Å². The lowest BCUT2D eigenvalue weighted by Gasteiger charge is -2.17. The van der Waals surface area contributed by atoms with Gasteiger partial charge in [0.2, 0.25) is 11.8 Å². The van der Waals surface area contributed by atoms with E-state index in [1.165, 1.54) is 0 Å². The lowest BCUT2D eigenvalue weighted by molar-refractivity contribution is -0.126. The zero-order valence-electron chi connectivity index (χ0n) is 17.2. The molecule has 3 rings (SSSR count). The molecule has 1 unspecified atom stereocenters. The van der Waals surface area contributed by atoms with Crippen LogP contribution in [0.1, 0.15) is 31.4 Å². The van der Waals surface area contributed by atoms with E-state index in [0.717, 1.165) is 21.7 Å². The molecule has 29 heavy (non-hydrogen) atoms. The third-order valence-electron chi connectivity index (χ3n) is 5.02. The number of rotatable bonds is 8. The maximum atomic E-state index is 12.7. The second kappa shape index (κ2) is 9.94. The number of carbonyl (C=O) groups excluding carboxylic acids is 2. The summed E-state index contributed by atoms with van der Waals surface area (Å²) in [6, 6.07) is 15.8. The van der Waals surface area contributed by atoms with Gasteiger partial charge in [-0.05, 0) is 55.5 Å². The fourth-order valence-electron chi connectivity index (χ4n) is 3.35. The fraction of sp³-hybridized carbons (Fsp3) is 0.391. The molecule has 1 N–H and O–H groups in total. The summed E-state index contributed by atoms with van der Waals surface area (Å²) < 4.78 is 5.70. The van der Waals surface area contributed by atoms with Crippen LogP contribution in [-0.4, -0.2) is 30.7 Å². The van der Waals surface area contributed by atoms with Crippen molar-refractivity contribution >= 4 is 29.3 Å². The van der Waals surface area contributed by atoms with Crippen LogP contribution < -0.4 is 10.2 Å². The molecule has 6 heteroatoms. The summed E-state index contributed by atoms with van der Waals surface area (Å²) in [5, 5.41) is 3.00. The summed E-state index contributed by atoms with van der Waals surface area (Å²) >= 11 is 1.66. The molecule has 1 aliphatic rings. The average molecular weight is 413 g/mol. The number of nitrogens with zero attached hydrogens (tertiary/aromatic N) is 1. The van der Waals surface area contributed by atoms with Crippen LogP contribution in [0.5, 0.6) is 0 Å². The fourth-order valence-corrected chi connectivity index (χ4v) is 3.76. The Morgan fingerprint density at radius 2 is 1.86 bits per heavy atom. The molecule has 154 valence electrons. The molecule has 0 bridgehead atoms. The maximum absolute atomic E-state index is 12.7. The Balaban J connectivity index is 1.58. The summed E-state index contributed by atoms with van der Waals surface area (Å²) in [6.07, 6.45) is 2.41. The number of carbonyl (C=O) groups is 2. The SMILES string of the molecule is CSc1ccc(N2CC(C(=O)NCc3ccccc3COC(C)C)CC2=O)cc1.